The van der Waals surface area contributed by atoms with Gasteiger partial charge in [0.05, 0.1) is 22.7 Å². The number of halogens is 1. The van der Waals surface area contributed by atoms with Crippen LogP contribution in [0.1, 0.15) is 5.56 Å². The summed E-state index contributed by atoms with van der Waals surface area (Å²) in [6, 6.07) is 13.2. The van der Waals surface area contributed by atoms with Gasteiger partial charge in [-0.05, 0) is 53.7 Å². The molecular formula is C19H18ClN3O2S. The lowest BCUT2D eigenvalue weighted by molar-refractivity contribution is -0.115. The third-order valence-corrected chi connectivity index (χ3v) is 4.93. The molecule has 1 N–H and O–H groups in total. The summed E-state index contributed by atoms with van der Waals surface area (Å²) in [5.74, 6) is 0.422. The van der Waals surface area contributed by atoms with Gasteiger partial charge >= 0.3 is 0 Å². The minimum Gasteiger partial charge on any atom is -0.495 e. The van der Waals surface area contributed by atoms with Gasteiger partial charge in [-0.1, -0.05) is 23.7 Å². The lowest BCUT2D eigenvalue weighted by atomic mass is 10.2. The second kappa shape index (κ2) is 7.85. The Kier molecular flexibility index (Phi) is 5.54. The molecule has 5 nitrogen and oxygen atoms in total. The molecule has 0 aromatic heterocycles. The van der Waals surface area contributed by atoms with Gasteiger partial charge in [0.15, 0.2) is 5.17 Å². The van der Waals surface area contributed by atoms with Crippen LogP contribution in [0.25, 0.3) is 6.08 Å². The number of amides is 1. The number of amidine groups is 1. The van der Waals surface area contributed by atoms with Gasteiger partial charge in [-0.3, -0.25) is 4.79 Å². The second-order valence-electron chi connectivity index (χ2n) is 5.79. The normalized spacial score (nSPS) is 16.8. The second-order valence-corrected chi connectivity index (χ2v) is 7.22. The highest BCUT2D eigenvalue weighted by Gasteiger charge is 2.23. The molecule has 0 spiro atoms. The quantitative estimate of drug-likeness (QED) is 0.794. The van der Waals surface area contributed by atoms with E-state index in [1.807, 2.05) is 49.3 Å². The first-order valence-corrected chi connectivity index (χ1v) is 9.06. The molecule has 0 saturated carbocycles. The Morgan fingerprint density at radius 3 is 2.54 bits per heavy atom. The fourth-order valence-corrected chi connectivity index (χ4v) is 3.44. The van der Waals surface area contributed by atoms with Crippen molar-refractivity contribution in [3.63, 3.8) is 0 Å². The van der Waals surface area contributed by atoms with E-state index in [1.165, 1.54) is 11.8 Å². The van der Waals surface area contributed by atoms with Crippen molar-refractivity contribution in [2.24, 2.45) is 4.99 Å². The summed E-state index contributed by atoms with van der Waals surface area (Å²) < 4.78 is 5.13. The first-order valence-electron chi connectivity index (χ1n) is 7.87. The standard InChI is InChI=1S/C19H18ClN3O2S/c1-23(2)14-7-4-12(5-8-14)10-17-18(24)22-19(26-17)21-13-6-9-16(25-3)15(20)11-13/h4-11H,1-3H3,(H,21,22,24)/b17-10+. The molecule has 1 aliphatic heterocycles. The van der Waals surface area contributed by atoms with E-state index in [4.69, 9.17) is 16.3 Å². The van der Waals surface area contributed by atoms with Crippen LogP contribution in [0.3, 0.4) is 0 Å². The number of thioether (sulfide) groups is 1. The fourth-order valence-electron chi connectivity index (χ4n) is 2.34. The van der Waals surface area contributed by atoms with Gasteiger partial charge in [-0.15, -0.1) is 0 Å². The summed E-state index contributed by atoms with van der Waals surface area (Å²) in [6.45, 7) is 0. The fraction of sp³-hybridized carbons (Fsp3) is 0.158. The van der Waals surface area contributed by atoms with Gasteiger partial charge in [0.1, 0.15) is 5.75 Å². The van der Waals surface area contributed by atoms with Crippen molar-refractivity contribution in [2.75, 3.05) is 26.1 Å². The number of benzene rings is 2. The van der Waals surface area contributed by atoms with E-state index < -0.39 is 0 Å². The van der Waals surface area contributed by atoms with E-state index in [9.17, 15) is 4.79 Å². The minimum absolute atomic E-state index is 0.162. The van der Waals surface area contributed by atoms with E-state index in [0.29, 0.717) is 26.5 Å². The van der Waals surface area contributed by atoms with Crippen molar-refractivity contribution < 1.29 is 9.53 Å². The zero-order chi connectivity index (χ0) is 18.7. The van der Waals surface area contributed by atoms with Crippen LogP contribution in [0.4, 0.5) is 11.4 Å². The van der Waals surface area contributed by atoms with Gasteiger partial charge in [0.25, 0.3) is 5.91 Å². The Labute approximate surface area is 161 Å². The zero-order valence-corrected chi connectivity index (χ0v) is 16.2. The van der Waals surface area contributed by atoms with Crippen molar-refractivity contribution in [3.05, 3.63) is 58.0 Å². The van der Waals surface area contributed by atoms with Gasteiger partial charge in [-0.25, -0.2) is 4.99 Å². The number of carbonyl (C=O) groups excluding carboxylic acids is 1. The molecule has 1 amide bonds. The van der Waals surface area contributed by atoms with Gasteiger partial charge in [-0.2, -0.15) is 0 Å². The third kappa shape index (κ3) is 4.20. The predicted molar refractivity (Wildman–Crippen MR) is 110 cm³/mol. The summed E-state index contributed by atoms with van der Waals surface area (Å²) >= 11 is 7.41. The molecule has 1 fully saturated rings. The topological polar surface area (TPSA) is 53.9 Å². The summed E-state index contributed by atoms with van der Waals surface area (Å²) in [5, 5.41) is 3.77. The highest BCUT2D eigenvalue weighted by Crippen LogP contribution is 2.32. The van der Waals surface area contributed by atoms with Crippen LogP contribution in [-0.2, 0) is 4.79 Å². The van der Waals surface area contributed by atoms with E-state index in [2.05, 4.69) is 10.3 Å². The molecule has 0 aliphatic carbocycles. The molecule has 134 valence electrons. The molecule has 3 rings (SSSR count). The molecule has 26 heavy (non-hydrogen) atoms. The van der Waals surface area contributed by atoms with E-state index >= 15 is 0 Å². The average Bonchev–Trinajstić information content (AvgIpc) is 2.94. The number of hydrogen-bond donors (Lipinski definition) is 1. The van der Waals surface area contributed by atoms with Crippen LogP contribution in [0, 0.1) is 0 Å². The maximum Gasteiger partial charge on any atom is 0.264 e. The monoisotopic (exact) mass is 387 g/mol. The molecule has 0 unspecified atom stereocenters. The van der Waals surface area contributed by atoms with Crippen molar-refractivity contribution in [2.45, 2.75) is 0 Å². The summed E-state index contributed by atoms with van der Waals surface area (Å²) in [6.07, 6.45) is 1.85. The summed E-state index contributed by atoms with van der Waals surface area (Å²) in [7, 11) is 5.53. The highest BCUT2D eigenvalue weighted by atomic mass is 35.5. The van der Waals surface area contributed by atoms with E-state index in [-0.39, 0.29) is 5.91 Å². The van der Waals surface area contributed by atoms with Crippen LogP contribution in [0.2, 0.25) is 5.02 Å². The van der Waals surface area contributed by atoms with Crippen LogP contribution in [0.15, 0.2) is 52.4 Å². The molecule has 0 bridgehead atoms. The molecule has 1 aliphatic rings. The van der Waals surface area contributed by atoms with Crippen LogP contribution in [-0.4, -0.2) is 32.3 Å². The van der Waals surface area contributed by atoms with Crippen molar-refractivity contribution in [3.8, 4) is 5.75 Å². The van der Waals surface area contributed by atoms with Crippen molar-refractivity contribution in [1.29, 1.82) is 0 Å². The van der Waals surface area contributed by atoms with Crippen LogP contribution >= 0.6 is 23.4 Å². The molecule has 0 atom stereocenters. The molecule has 1 saturated heterocycles. The predicted octanol–water partition coefficient (Wildman–Crippen LogP) is 4.31. The number of nitrogens with one attached hydrogen (secondary N) is 1. The van der Waals surface area contributed by atoms with E-state index in [0.717, 1.165) is 11.3 Å². The lowest BCUT2D eigenvalue weighted by Crippen LogP contribution is -2.19. The number of hydrogen-bond acceptors (Lipinski definition) is 5. The molecule has 0 radical (unpaired) electrons. The Bertz CT molecular complexity index is 892. The Balaban J connectivity index is 1.78. The molecule has 2 aromatic carbocycles. The highest BCUT2D eigenvalue weighted by molar-refractivity contribution is 8.18. The first kappa shape index (κ1) is 18.4. The summed E-state index contributed by atoms with van der Waals surface area (Å²) in [4.78, 5) is 19.2. The average molecular weight is 388 g/mol. The first-order chi connectivity index (χ1) is 12.5. The van der Waals surface area contributed by atoms with Crippen molar-refractivity contribution >= 4 is 51.9 Å². The zero-order valence-electron chi connectivity index (χ0n) is 14.6. The number of rotatable bonds is 4. The van der Waals surface area contributed by atoms with Gasteiger partial charge in [0.2, 0.25) is 0 Å². The molecule has 1 heterocycles. The van der Waals surface area contributed by atoms with Crippen LogP contribution < -0.4 is 15.0 Å². The smallest absolute Gasteiger partial charge is 0.264 e. The SMILES string of the molecule is COc1ccc(N=C2NC(=O)/C(=C\c3ccc(N(C)C)cc3)S2)cc1Cl. The summed E-state index contributed by atoms with van der Waals surface area (Å²) in [5.41, 5.74) is 2.71. The number of carbonyl (C=O) groups is 1. The number of nitrogens with zero attached hydrogens (tertiary/aromatic N) is 2. The van der Waals surface area contributed by atoms with Crippen LogP contribution in [0.5, 0.6) is 5.75 Å². The number of methoxy groups -OCH3 is 1. The number of ether oxygens (including phenoxy) is 1. The molecule has 7 heteroatoms. The maximum atomic E-state index is 12.2. The molecule has 2 aromatic rings. The molecular weight excluding hydrogens is 370 g/mol. The lowest BCUT2D eigenvalue weighted by Gasteiger charge is -2.11. The van der Waals surface area contributed by atoms with E-state index in [1.54, 1.807) is 25.3 Å². The Morgan fingerprint density at radius 2 is 1.92 bits per heavy atom. The van der Waals surface area contributed by atoms with Gasteiger partial charge < -0.3 is 15.0 Å². The van der Waals surface area contributed by atoms with Crippen molar-refractivity contribution in [1.82, 2.24) is 5.32 Å². The number of anilines is 1. The Hall–Kier alpha value is -2.44. The Morgan fingerprint density at radius 1 is 1.19 bits per heavy atom. The largest absolute Gasteiger partial charge is 0.495 e. The number of aliphatic imine (C=N–C) groups is 1. The van der Waals surface area contributed by atoms with Gasteiger partial charge in [0, 0.05) is 19.8 Å². The maximum absolute atomic E-state index is 12.2. The minimum atomic E-state index is -0.162. The third-order valence-electron chi connectivity index (χ3n) is 3.72.